The van der Waals surface area contributed by atoms with Crippen molar-refractivity contribution in [1.29, 1.82) is 0 Å². The molecule has 0 heterocycles. The van der Waals surface area contributed by atoms with Crippen LogP contribution in [-0.2, 0) is 15.7 Å². The molecule has 2 heteroatoms. The molecule has 0 amide bonds. The van der Waals surface area contributed by atoms with Crippen LogP contribution in [0.1, 0.15) is 11.1 Å². The standard InChI is InChI=1S/C14H8.ClH.Ru/c1-10-11-6-2-4-8-13(11)14-9-5-3-7-12(10)14;;/h2-9H;1H;/q;;+1/p-1. The van der Waals surface area contributed by atoms with E-state index >= 15 is 0 Å². The third-order valence-electron chi connectivity index (χ3n) is 2.80. The first-order valence-corrected chi connectivity index (χ1v) is 8.07. The van der Waals surface area contributed by atoms with E-state index in [0.717, 1.165) is 0 Å². The first kappa shape index (κ1) is 10.2. The summed E-state index contributed by atoms with van der Waals surface area (Å²) in [5, 5.41) is 0. The van der Waals surface area contributed by atoms with Crippen molar-refractivity contribution in [3.63, 3.8) is 0 Å². The van der Waals surface area contributed by atoms with Crippen molar-refractivity contribution < 1.29 is 15.7 Å². The summed E-state index contributed by atoms with van der Waals surface area (Å²) in [5.41, 5.74) is 6.30. The van der Waals surface area contributed by atoms with Gasteiger partial charge >= 0.3 is 106 Å². The van der Waals surface area contributed by atoms with Crippen molar-refractivity contribution in [2.45, 2.75) is 0 Å². The van der Waals surface area contributed by atoms with Gasteiger partial charge in [-0.25, -0.2) is 0 Å². The van der Waals surface area contributed by atoms with Gasteiger partial charge in [-0.15, -0.1) is 0 Å². The molecule has 0 saturated heterocycles. The number of fused-ring (bicyclic) bond motifs is 3. The molecule has 0 aliphatic heterocycles. The Morgan fingerprint density at radius 1 is 0.750 bits per heavy atom. The van der Waals surface area contributed by atoms with E-state index in [4.69, 9.17) is 9.69 Å². The first-order valence-electron chi connectivity index (χ1n) is 4.97. The van der Waals surface area contributed by atoms with E-state index in [2.05, 4.69) is 52.8 Å². The number of benzene rings is 2. The summed E-state index contributed by atoms with van der Waals surface area (Å²) >= 11 is -0.309. The second-order valence-corrected chi connectivity index (χ2v) is 5.17. The van der Waals surface area contributed by atoms with E-state index in [1.807, 2.05) is 0 Å². The fourth-order valence-electron chi connectivity index (χ4n) is 2.15. The number of rotatable bonds is 0. The van der Waals surface area contributed by atoms with Gasteiger partial charge in [0.1, 0.15) is 0 Å². The maximum atomic E-state index is 5.87. The third-order valence-corrected chi connectivity index (χ3v) is 3.80. The van der Waals surface area contributed by atoms with Crippen LogP contribution in [0.3, 0.4) is 0 Å². The predicted molar refractivity (Wildman–Crippen MR) is 65.2 cm³/mol. The van der Waals surface area contributed by atoms with Crippen LogP contribution < -0.4 is 0 Å². The van der Waals surface area contributed by atoms with Crippen molar-refractivity contribution >= 4 is 19.5 Å². The van der Waals surface area contributed by atoms with Gasteiger partial charge in [0.25, 0.3) is 0 Å². The van der Waals surface area contributed by atoms with E-state index in [1.165, 1.54) is 27.8 Å². The molecule has 3 rings (SSSR count). The van der Waals surface area contributed by atoms with Gasteiger partial charge in [0.2, 0.25) is 0 Å². The average Bonchev–Trinajstić information content (AvgIpc) is 2.66. The molecule has 0 saturated carbocycles. The molecule has 0 unspecified atom stereocenters. The zero-order chi connectivity index (χ0) is 11.0. The van der Waals surface area contributed by atoms with Gasteiger partial charge in [-0.1, -0.05) is 0 Å². The van der Waals surface area contributed by atoms with E-state index in [1.54, 1.807) is 0 Å². The number of hydrogen-bond acceptors (Lipinski definition) is 0. The van der Waals surface area contributed by atoms with Gasteiger partial charge in [0, 0.05) is 0 Å². The van der Waals surface area contributed by atoms with E-state index < -0.39 is 0 Å². The molecule has 2 aromatic carbocycles. The van der Waals surface area contributed by atoms with Gasteiger partial charge in [-0.2, -0.15) is 0 Å². The zero-order valence-corrected chi connectivity index (χ0v) is 10.8. The van der Waals surface area contributed by atoms with Gasteiger partial charge in [-0.3, -0.25) is 0 Å². The molecule has 0 nitrogen and oxygen atoms in total. The Bertz CT molecular complexity index is 575. The van der Waals surface area contributed by atoms with Crippen molar-refractivity contribution in [2.75, 3.05) is 0 Å². The Morgan fingerprint density at radius 2 is 1.19 bits per heavy atom. The van der Waals surface area contributed by atoms with Gasteiger partial charge in [-0.05, 0) is 0 Å². The van der Waals surface area contributed by atoms with Crippen molar-refractivity contribution in [3.8, 4) is 11.1 Å². The first-order chi connectivity index (χ1) is 7.92. The molecule has 0 spiro atoms. The van der Waals surface area contributed by atoms with Crippen LogP contribution in [0.2, 0.25) is 0 Å². The van der Waals surface area contributed by atoms with Crippen LogP contribution in [-0.4, -0.2) is 4.26 Å². The molecular formula is C14H8ClRu. The summed E-state index contributed by atoms with van der Waals surface area (Å²) in [6.45, 7) is 0. The Balaban J connectivity index is 2.44. The van der Waals surface area contributed by atoms with Crippen molar-refractivity contribution in [3.05, 3.63) is 59.7 Å². The van der Waals surface area contributed by atoms with Gasteiger partial charge in [0.05, 0.1) is 0 Å². The fraction of sp³-hybridized carbons (Fsp3) is 0. The van der Waals surface area contributed by atoms with Crippen LogP contribution in [0.5, 0.6) is 0 Å². The molecule has 0 N–H and O–H groups in total. The second-order valence-electron chi connectivity index (χ2n) is 3.62. The fourth-order valence-corrected chi connectivity index (χ4v) is 3.17. The third kappa shape index (κ3) is 1.45. The van der Waals surface area contributed by atoms with Gasteiger partial charge in [0.15, 0.2) is 0 Å². The summed E-state index contributed by atoms with van der Waals surface area (Å²) < 4.78 is 3.33. The van der Waals surface area contributed by atoms with Crippen LogP contribution in [0, 0.1) is 0 Å². The molecule has 0 atom stereocenters. The van der Waals surface area contributed by atoms with Crippen molar-refractivity contribution in [2.24, 2.45) is 0 Å². The van der Waals surface area contributed by atoms with E-state index in [0.29, 0.717) is 0 Å². The van der Waals surface area contributed by atoms with Gasteiger partial charge < -0.3 is 0 Å². The summed E-state index contributed by atoms with van der Waals surface area (Å²) in [5.74, 6) is 0. The molecule has 0 bridgehead atoms. The normalized spacial score (nSPS) is 11.9. The summed E-state index contributed by atoms with van der Waals surface area (Å²) in [6.07, 6.45) is 0. The van der Waals surface area contributed by atoms with E-state index in [9.17, 15) is 0 Å². The second kappa shape index (κ2) is 4.11. The molecule has 1 aliphatic carbocycles. The van der Waals surface area contributed by atoms with Crippen LogP contribution in [0.25, 0.3) is 16.7 Å². The number of hydrogen-bond donors (Lipinski definition) is 0. The Labute approximate surface area is 106 Å². The molecule has 0 fully saturated rings. The minimum absolute atomic E-state index is 0.309. The van der Waals surface area contributed by atoms with Crippen molar-refractivity contribution in [1.82, 2.24) is 0 Å². The quantitative estimate of drug-likeness (QED) is 0.555. The summed E-state index contributed by atoms with van der Waals surface area (Å²) in [4.78, 5) is 0. The molecule has 0 radical (unpaired) electrons. The average molecular weight is 313 g/mol. The molecule has 16 heavy (non-hydrogen) atoms. The Hall–Kier alpha value is -0.997. The van der Waals surface area contributed by atoms with E-state index in [-0.39, 0.29) is 15.7 Å². The number of halogens is 1. The Morgan fingerprint density at radius 3 is 1.62 bits per heavy atom. The van der Waals surface area contributed by atoms with Crippen LogP contribution in [0.15, 0.2) is 48.5 Å². The maximum absolute atomic E-state index is 5.87. The van der Waals surface area contributed by atoms with Crippen LogP contribution in [0.4, 0.5) is 0 Å². The molecule has 79 valence electrons. The minimum atomic E-state index is -0.309. The SMILES string of the molecule is [Cl][Ru]=[C]=C1c2ccccc2-c2ccccc21. The zero-order valence-electron chi connectivity index (χ0n) is 8.35. The van der Waals surface area contributed by atoms with Crippen LogP contribution >= 0.6 is 9.69 Å². The summed E-state index contributed by atoms with van der Waals surface area (Å²) in [7, 11) is 5.87. The molecule has 2 aromatic rings. The summed E-state index contributed by atoms with van der Waals surface area (Å²) in [6, 6.07) is 16.9. The monoisotopic (exact) mass is 313 g/mol. The molecule has 0 aromatic heterocycles. The topological polar surface area (TPSA) is 0 Å². The molecule has 1 aliphatic rings. The molecular weight excluding hydrogens is 305 g/mol. The predicted octanol–water partition coefficient (Wildman–Crippen LogP) is 3.74. The Kier molecular flexibility index (Phi) is 2.61.